The second-order valence-corrected chi connectivity index (χ2v) is 4.69. The van der Waals surface area contributed by atoms with Crippen molar-refractivity contribution < 1.29 is 4.42 Å². The zero-order valence-electron chi connectivity index (χ0n) is 9.50. The topological polar surface area (TPSA) is 25.2 Å². The Balaban J connectivity index is 1.81. The maximum atomic E-state index is 5.26. The van der Waals surface area contributed by atoms with E-state index in [-0.39, 0.29) is 0 Å². The molecule has 0 unspecified atom stereocenters. The number of furan rings is 1. The molecular formula is C12H21NOS. The van der Waals surface area contributed by atoms with E-state index < -0.39 is 0 Å². The minimum atomic E-state index is 1.01. The molecule has 0 saturated carbocycles. The monoisotopic (exact) mass is 227 g/mol. The summed E-state index contributed by atoms with van der Waals surface area (Å²) in [5, 5.41) is 3.41. The second-order valence-electron chi connectivity index (χ2n) is 3.59. The molecule has 1 N–H and O–H groups in total. The lowest BCUT2D eigenvalue weighted by atomic mass is 10.3. The molecule has 0 amide bonds. The normalized spacial score (nSPS) is 10.7. The van der Waals surface area contributed by atoms with Crippen LogP contribution in [0.2, 0.25) is 0 Å². The lowest BCUT2D eigenvalue weighted by molar-refractivity contribution is 0.530. The van der Waals surface area contributed by atoms with E-state index >= 15 is 0 Å². The largest absolute Gasteiger partial charge is 0.468 e. The fourth-order valence-corrected chi connectivity index (χ4v) is 2.24. The number of hydrogen-bond acceptors (Lipinski definition) is 3. The standard InChI is InChI=1S/C12H21NOS/c1-2-7-13-8-3-4-10-15-11-12-6-5-9-14-12/h5-6,9,13H,2-4,7-8,10-11H2,1H3. The van der Waals surface area contributed by atoms with Crippen LogP contribution in [-0.2, 0) is 5.75 Å². The van der Waals surface area contributed by atoms with Gasteiger partial charge in [0.15, 0.2) is 0 Å². The molecule has 1 rings (SSSR count). The molecule has 0 fully saturated rings. The number of unbranched alkanes of at least 4 members (excludes halogenated alkanes) is 1. The van der Waals surface area contributed by atoms with Crippen molar-refractivity contribution in [1.29, 1.82) is 0 Å². The number of hydrogen-bond donors (Lipinski definition) is 1. The molecular weight excluding hydrogens is 206 g/mol. The third-order valence-corrected chi connectivity index (χ3v) is 3.21. The van der Waals surface area contributed by atoms with Crippen LogP contribution >= 0.6 is 11.8 Å². The number of nitrogens with one attached hydrogen (secondary N) is 1. The SMILES string of the molecule is CCCNCCCCSCc1ccco1. The zero-order chi connectivity index (χ0) is 10.8. The van der Waals surface area contributed by atoms with Crippen molar-refractivity contribution in [3.05, 3.63) is 24.2 Å². The van der Waals surface area contributed by atoms with Crippen molar-refractivity contribution in [1.82, 2.24) is 5.32 Å². The van der Waals surface area contributed by atoms with Crippen molar-refractivity contribution >= 4 is 11.8 Å². The minimum Gasteiger partial charge on any atom is -0.468 e. The molecule has 0 bridgehead atoms. The van der Waals surface area contributed by atoms with Gasteiger partial charge >= 0.3 is 0 Å². The number of rotatable bonds is 9. The summed E-state index contributed by atoms with van der Waals surface area (Å²) < 4.78 is 5.26. The quantitative estimate of drug-likeness (QED) is 0.655. The minimum absolute atomic E-state index is 1.01. The fraction of sp³-hybridized carbons (Fsp3) is 0.667. The first-order chi connectivity index (χ1) is 7.43. The predicted octanol–water partition coefficient (Wildman–Crippen LogP) is 3.29. The molecule has 0 aliphatic rings. The van der Waals surface area contributed by atoms with Crippen LogP contribution in [0.4, 0.5) is 0 Å². The maximum Gasteiger partial charge on any atom is 0.113 e. The van der Waals surface area contributed by atoms with Gasteiger partial charge in [0, 0.05) is 0 Å². The van der Waals surface area contributed by atoms with E-state index in [1.807, 2.05) is 23.9 Å². The van der Waals surface area contributed by atoms with Gasteiger partial charge in [-0.3, -0.25) is 0 Å². The Labute approximate surface area is 96.8 Å². The highest BCUT2D eigenvalue weighted by atomic mass is 32.2. The third-order valence-electron chi connectivity index (χ3n) is 2.14. The van der Waals surface area contributed by atoms with Gasteiger partial charge in [-0.15, -0.1) is 0 Å². The highest BCUT2D eigenvalue weighted by molar-refractivity contribution is 7.98. The molecule has 1 aromatic rings. The van der Waals surface area contributed by atoms with Crippen LogP contribution in [-0.4, -0.2) is 18.8 Å². The van der Waals surface area contributed by atoms with Gasteiger partial charge in [0.2, 0.25) is 0 Å². The molecule has 1 aromatic heterocycles. The van der Waals surface area contributed by atoms with Gasteiger partial charge in [-0.1, -0.05) is 6.92 Å². The van der Waals surface area contributed by atoms with E-state index in [9.17, 15) is 0 Å². The van der Waals surface area contributed by atoms with Gasteiger partial charge in [-0.2, -0.15) is 11.8 Å². The van der Waals surface area contributed by atoms with Gasteiger partial charge in [-0.25, -0.2) is 0 Å². The summed E-state index contributed by atoms with van der Waals surface area (Å²) in [6, 6.07) is 3.99. The number of thioether (sulfide) groups is 1. The molecule has 0 spiro atoms. The predicted molar refractivity (Wildman–Crippen MR) is 67.3 cm³/mol. The summed E-state index contributed by atoms with van der Waals surface area (Å²) in [6.45, 7) is 4.51. The molecule has 86 valence electrons. The van der Waals surface area contributed by atoms with Gasteiger partial charge in [0.05, 0.1) is 12.0 Å². The first-order valence-corrected chi connectivity index (χ1v) is 6.89. The van der Waals surface area contributed by atoms with Crippen LogP contribution in [0.15, 0.2) is 22.8 Å². The summed E-state index contributed by atoms with van der Waals surface area (Å²) in [7, 11) is 0. The van der Waals surface area contributed by atoms with E-state index in [2.05, 4.69) is 12.2 Å². The summed E-state index contributed by atoms with van der Waals surface area (Å²) >= 11 is 1.95. The van der Waals surface area contributed by atoms with Gasteiger partial charge in [0.25, 0.3) is 0 Å². The average molecular weight is 227 g/mol. The second kappa shape index (κ2) is 8.86. The Morgan fingerprint density at radius 2 is 2.27 bits per heavy atom. The maximum absolute atomic E-state index is 5.26. The molecule has 1 heterocycles. The molecule has 0 aromatic carbocycles. The van der Waals surface area contributed by atoms with Crippen LogP contribution in [0.25, 0.3) is 0 Å². The van der Waals surface area contributed by atoms with Crippen LogP contribution in [0.3, 0.4) is 0 Å². The van der Waals surface area contributed by atoms with Crippen molar-refractivity contribution in [2.75, 3.05) is 18.8 Å². The van der Waals surface area contributed by atoms with E-state index in [0.717, 1.165) is 24.6 Å². The Morgan fingerprint density at radius 1 is 1.33 bits per heavy atom. The van der Waals surface area contributed by atoms with E-state index in [1.54, 1.807) is 6.26 Å². The van der Waals surface area contributed by atoms with E-state index in [0.29, 0.717) is 0 Å². The van der Waals surface area contributed by atoms with E-state index in [4.69, 9.17) is 4.42 Å². The van der Waals surface area contributed by atoms with Crippen molar-refractivity contribution in [3.63, 3.8) is 0 Å². The highest BCUT2D eigenvalue weighted by Gasteiger charge is 1.95. The first-order valence-electron chi connectivity index (χ1n) is 5.74. The fourth-order valence-electron chi connectivity index (χ4n) is 1.32. The van der Waals surface area contributed by atoms with Crippen molar-refractivity contribution in [3.8, 4) is 0 Å². The Hall–Kier alpha value is -0.410. The van der Waals surface area contributed by atoms with Crippen LogP contribution in [0, 0.1) is 0 Å². The van der Waals surface area contributed by atoms with Crippen molar-refractivity contribution in [2.24, 2.45) is 0 Å². The summed E-state index contributed by atoms with van der Waals surface area (Å²) in [5.41, 5.74) is 0. The molecule has 0 aliphatic heterocycles. The molecule has 0 radical (unpaired) electrons. The molecule has 15 heavy (non-hydrogen) atoms. The van der Waals surface area contributed by atoms with Crippen LogP contribution in [0.5, 0.6) is 0 Å². The average Bonchev–Trinajstić information content (AvgIpc) is 2.75. The molecule has 0 saturated heterocycles. The Bertz CT molecular complexity index is 224. The Kier molecular flexibility index (Phi) is 7.48. The highest BCUT2D eigenvalue weighted by Crippen LogP contribution is 2.13. The summed E-state index contributed by atoms with van der Waals surface area (Å²) in [4.78, 5) is 0. The molecule has 2 nitrogen and oxygen atoms in total. The van der Waals surface area contributed by atoms with Crippen LogP contribution < -0.4 is 5.32 Å². The third kappa shape index (κ3) is 6.63. The Morgan fingerprint density at radius 3 is 3.00 bits per heavy atom. The van der Waals surface area contributed by atoms with Gasteiger partial charge < -0.3 is 9.73 Å². The zero-order valence-corrected chi connectivity index (χ0v) is 10.3. The van der Waals surface area contributed by atoms with Gasteiger partial charge in [0.1, 0.15) is 5.76 Å². The summed E-state index contributed by atoms with van der Waals surface area (Å²) in [6.07, 6.45) is 5.55. The van der Waals surface area contributed by atoms with E-state index in [1.165, 1.54) is 25.0 Å². The molecule has 0 atom stereocenters. The summed E-state index contributed by atoms with van der Waals surface area (Å²) in [5.74, 6) is 3.33. The molecule has 0 aliphatic carbocycles. The molecule has 3 heteroatoms. The van der Waals surface area contributed by atoms with Crippen molar-refractivity contribution in [2.45, 2.75) is 31.9 Å². The smallest absolute Gasteiger partial charge is 0.113 e. The first kappa shape index (κ1) is 12.7. The van der Waals surface area contributed by atoms with Gasteiger partial charge in [-0.05, 0) is 50.2 Å². The lowest BCUT2D eigenvalue weighted by Crippen LogP contribution is -2.15. The van der Waals surface area contributed by atoms with Crippen LogP contribution in [0.1, 0.15) is 31.9 Å². The lowest BCUT2D eigenvalue weighted by Gasteiger charge is -2.02.